The molecule has 0 unspecified atom stereocenters. The number of β-amino-alcohol motifs (C(OH)–C–C–N with tert-alkyl or cyclic N) is 1. The van der Waals surface area contributed by atoms with E-state index in [1.165, 1.54) is 12.1 Å². The van der Waals surface area contributed by atoms with Crippen molar-refractivity contribution in [2.45, 2.75) is 18.9 Å². The predicted octanol–water partition coefficient (Wildman–Crippen LogP) is 1.92. The minimum atomic E-state index is -0.329. The van der Waals surface area contributed by atoms with Crippen molar-refractivity contribution >= 4 is 0 Å². The molecule has 1 fully saturated rings. The van der Waals surface area contributed by atoms with Crippen molar-refractivity contribution in [1.82, 2.24) is 14.9 Å². The van der Waals surface area contributed by atoms with Gasteiger partial charge in [-0.3, -0.25) is 9.97 Å². The van der Waals surface area contributed by atoms with Crippen LogP contribution in [-0.2, 0) is 6.42 Å². The van der Waals surface area contributed by atoms with E-state index in [4.69, 9.17) is 4.74 Å². The summed E-state index contributed by atoms with van der Waals surface area (Å²) < 4.78 is 18.4. The van der Waals surface area contributed by atoms with Crippen LogP contribution >= 0.6 is 0 Å². The molecule has 5 nitrogen and oxygen atoms in total. The monoisotopic (exact) mass is 331 g/mol. The Hall–Kier alpha value is -2.05. The number of likely N-dealkylation sites (tertiary alicyclic amines) is 1. The van der Waals surface area contributed by atoms with Gasteiger partial charge in [0.15, 0.2) is 0 Å². The first kappa shape index (κ1) is 16.8. The molecule has 0 spiro atoms. The van der Waals surface area contributed by atoms with Crippen LogP contribution in [0.5, 0.6) is 5.75 Å². The topological polar surface area (TPSA) is 58.5 Å². The third-order valence-electron chi connectivity index (χ3n) is 4.27. The zero-order chi connectivity index (χ0) is 16.8. The molecule has 0 radical (unpaired) electrons. The molecule has 1 aromatic carbocycles. The summed E-state index contributed by atoms with van der Waals surface area (Å²) in [7, 11) is 0. The summed E-state index contributed by atoms with van der Waals surface area (Å²) in [4.78, 5) is 10.6. The SMILES string of the molecule is O[C@@H]1CN(CCCOc2ccc(F)cc2)C[C@H]1Cc1cnccn1. The summed E-state index contributed by atoms with van der Waals surface area (Å²) >= 11 is 0. The van der Waals surface area contributed by atoms with Crippen molar-refractivity contribution in [1.29, 1.82) is 0 Å². The van der Waals surface area contributed by atoms with E-state index in [1.54, 1.807) is 30.7 Å². The Morgan fingerprint density at radius 3 is 2.79 bits per heavy atom. The lowest BCUT2D eigenvalue weighted by atomic mass is 10.0. The highest BCUT2D eigenvalue weighted by Gasteiger charge is 2.31. The van der Waals surface area contributed by atoms with E-state index in [-0.39, 0.29) is 17.8 Å². The highest BCUT2D eigenvalue weighted by Crippen LogP contribution is 2.20. The number of ether oxygens (including phenoxy) is 1. The van der Waals surface area contributed by atoms with Crippen LogP contribution in [0.3, 0.4) is 0 Å². The minimum absolute atomic E-state index is 0.194. The largest absolute Gasteiger partial charge is 0.494 e. The molecule has 1 saturated heterocycles. The number of aliphatic hydroxyl groups excluding tert-OH is 1. The van der Waals surface area contributed by atoms with Crippen molar-refractivity contribution in [3.8, 4) is 5.75 Å². The molecule has 0 bridgehead atoms. The van der Waals surface area contributed by atoms with Gasteiger partial charge in [0.1, 0.15) is 11.6 Å². The van der Waals surface area contributed by atoms with Crippen molar-refractivity contribution in [3.05, 3.63) is 54.4 Å². The maximum Gasteiger partial charge on any atom is 0.123 e. The van der Waals surface area contributed by atoms with Crippen LogP contribution in [0.1, 0.15) is 12.1 Å². The lowest BCUT2D eigenvalue weighted by Gasteiger charge is -2.15. The fourth-order valence-corrected chi connectivity index (χ4v) is 3.04. The first-order chi connectivity index (χ1) is 11.7. The molecule has 0 amide bonds. The maximum absolute atomic E-state index is 12.8. The van der Waals surface area contributed by atoms with Crippen LogP contribution in [0.2, 0.25) is 0 Å². The Morgan fingerprint density at radius 1 is 1.21 bits per heavy atom. The summed E-state index contributed by atoms with van der Waals surface area (Å²) in [5.41, 5.74) is 0.919. The van der Waals surface area contributed by atoms with E-state index in [1.807, 2.05) is 0 Å². The van der Waals surface area contributed by atoms with Gasteiger partial charge in [0, 0.05) is 44.1 Å². The number of nitrogens with zero attached hydrogens (tertiary/aromatic N) is 3. The first-order valence-corrected chi connectivity index (χ1v) is 8.24. The van der Waals surface area contributed by atoms with Crippen molar-refractivity contribution in [2.75, 3.05) is 26.2 Å². The average molecular weight is 331 g/mol. The minimum Gasteiger partial charge on any atom is -0.494 e. The van der Waals surface area contributed by atoms with E-state index in [0.29, 0.717) is 18.9 Å². The van der Waals surface area contributed by atoms with Gasteiger partial charge in [0.25, 0.3) is 0 Å². The molecule has 128 valence electrons. The number of aliphatic hydroxyl groups is 1. The molecule has 0 saturated carbocycles. The Balaban J connectivity index is 1.38. The van der Waals surface area contributed by atoms with Crippen molar-refractivity contribution in [2.24, 2.45) is 5.92 Å². The highest BCUT2D eigenvalue weighted by molar-refractivity contribution is 5.21. The summed E-state index contributed by atoms with van der Waals surface area (Å²) in [6.07, 6.45) is 6.37. The third kappa shape index (κ3) is 4.72. The number of aromatic nitrogens is 2. The Morgan fingerprint density at radius 2 is 2.04 bits per heavy atom. The lowest BCUT2D eigenvalue weighted by Crippen LogP contribution is -2.24. The van der Waals surface area contributed by atoms with Gasteiger partial charge in [-0.25, -0.2) is 4.39 Å². The van der Waals surface area contributed by atoms with Gasteiger partial charge < -0.3 is 14.7 Å². The second-order valence-corrected chi connectivity index (χ2v) is 6.14. The van der Waals surface area contributed by atoms with Gasteiger partial charge >= 0.3 is 0 Å². The summed E-state index contributed by atoms with van der Waals surface area (Å²) in [6, 6.07) is 6.05. The third-order valence-corrected chi connectivity index (χ3v) is 4.27. The van der Waals surface area contributed by atoms with E-state index in [9.17, 15) is 9.50 Å². The molecular formula is C18H22FN3O2. The fraction of sp³-hybridized carbons (Fsp3) is 0.444. The van der Waals surface area contributed by atoms with Gasteiger partial charge in [-0.05, 0) is 37.1 Å². The molecule has 24 heavy (non-hydrogen) atoms. The Kier molecular flexibility index (Phi) is 5.72. The van der Waals surface area contributed by atoms with Crippen LogP contribution in [0.4, 0.5) is 4.39 Å². The van der Waals surface area contributed by atoms with Crippen LogP contribution in [0.25, 0.3) is 0 Å². The molecule has 2 heterocycles. The maximum atomic E-state index is 12.8. The molecule has 2 aromatic rings. The van der Waals surface area contributed by atoms with E-state index >= 15 is 0 Å². The normalized spacial score (nSPS) is 21.1. The van der Waals surface area contributed by atoms with Gasteiger partial charge in [-0.2, -0.15) is 0 Å². The number of hydrogen-bond acceptors (Lipinski definition) is 5. The molecule has 1 aromatic heterocycles. The molecule has 1 aliphatic heterocycles. The second-order valence-electron chi connectivity index (χ2n) is 6.14. The molecule has 1 aliphatic rings. The predicted molar refractivity (Wildman–Crippen MR) is 88.2 cm³/mol. The molecule has 3 rings (SSSR count). The van der Waals surface area contributed by atoms with Crippen molar-refractivity contribution in [3.63, 3.8) is 0 Å². The number of halogens is 1. The second kappa shape index (κ2) is 8.17. The van der Waals surface area contributed by atoms with Crippen LogP contribution < -0.4 is 4.74 Å². The fourth-order valence-electron chi connectivity index (χ4n) is 3.04. The highest BCUT2D eigenvalue weighted by atomic mass is 19.1. The molecule has 2 atom stereocenters. The number of rotatable bonds is 7. The van der Waals surface area contributed by atoms with E-state index < -0.39 is 0 Å². The van der Waals surface area contributed by atoms with E-state index in [0.717, 1.165) is 31.6 Å². The summed E-state index contributed by atoms with van der Waals surface area (Å²) in [5.74, 6) is 0.612. The van der Waals surface area contributed by atoms with Crippen LogP contribution in [-0.4, -0.2) is 52.3 Å². The summed E-state index contributed by atoms with van der Waals surface area (Å²) in [6.45, 7) is 2.98. The molecular weight excluding hydrogens is 309 g/mol. The van der Waals surface area contributed by atoms with Gasteiger partial charge in [-0.1, -0.05) is 0 Å². The van der Waals surface area contributed by atoms with Gasteiger partial charge in [0.05, 0.1) is 18.4 Å². The quantitative estimate of drug-likeness (QED) is 0.786. The zero-order valence-electron chi connectivity index (χ0n) is 13.5. The van der Waals surface area contributed by atoms with Crippen molar-refractivity contribution < 1.29 is 14.2 Å². The average Bonchev–Trinajstić information content (AvgIpc) is 2.94. The Bertz CT molecular complexity index is 624. The number of hydrogen-bond donors (Lipinski definition) is 1. The smallest absolute Gasteiger partial charge is 0.123 e. The van der Waals surface area contributed by atoms with Gasteiger partial charge in [-0.15, -0.1) is 0 Å². The molecule has 0 aliphatic carbocycles. The standard InChI is InChI=1S/C18H22FN3O2/c19-15-2-4-17(5-3-15)24-9-1-8-22-12-14(18(23)13-22)10-16-11-20-6-7-21-16/h2-7,11,14,18,23H,1,8-10,12-13H2/t14-,18-/m1/s1. The first-order valence-electron chi connectivity index (χ1n) is 8.24. The van der Waals surface area contributed by atoms with Gasteiger partial charge in [0.2, 0.25) is 0 Å². The molecule has 1 N–H and O–H groups in total. The van der Waals surface area contributed by atoms with Crippen LogP contribution in [0.15, 0.2) is 42.9 Å². The van der Waals surface area contributed by atoms with Crippen LogP contribution in [0, 0.1) is 11.7 Å². The molecule has 6 heteroatoms. The summed E-state index contributed by atoms with van der Waals surface area (Å²) in [5, 5.41) is 10.2. The zero-order valence-corrected chi connectivity index (χ0v) is 13.5. The lowest BCUT2D eigenvalue weighted by molar-refractivity contribution is 0.140. The Labute approximate surface area is 141 Å². The number of benzene rings is 1. The van der Waals surface area contributed by atoms with E-state index in [2.05, 4.69) is 14.9 Å².